The zero-order valence-corrected chi connectivity index (χ0v) is 24.2. The van der Waals surface area contributed by atoms with Crippen molar-refractivity contribution in [1.82, 2.24) is 14.9 Å². The maximum atomic E-state index is 13.3. The minimum absolute atomic E-state index is 0.170. The summed E-state index contributed by atoms with van der Waals surface area (Å²) in [5.74, 6) is -0.331. The number of carbonyl (C=O) groups is 2. The summed E-state index contributed by atoms with van der Waals surface area (Å²) >= 11 is 0. The van der Waals surface area contributed by atoms with Crippen LogP contribution in [0.1, 0.15) is 19.8 Å². The Balaban J connectivity index is 1.51. The number of ether oxygens (including phenoxy) is 1. The van der Waals surface area contributed by atoms with Crippen LogP contribution in [0.2, 0.25) is 0 Å². The number of esters is 1. The lowest BCUT2D eigenvalue weighted by molar-refractivity contribution is -0.142. The highest BCUT2D eigenvalue weighted by Crippen LogP contribution is 2.57. The zero-order valence-electron chi connectivity index (χ0n) is 23.3. The van der Waals surface area contributed by atoms with Gasteiger partial charge in [0.2, 0.25) is 5.95 Å². The third-order valence-electron chi connectivity index (χ3n) is 6.63. The number of fused-ring (bicyclic) bond motifs is 1. The summed E-state index contributed by atoms with van der Waals surface area (Å²) in [5.41, 5.74) is 4.09. The number of nitrogens with zero attached hydrogens (tertiary/aromatic N) is 4. The van der Waals surface area contributed by atoms with Crippen molar-refractivity contribution in [2.75, 3.05) is 18.6 Å². The largest absolute Gasteiger partial charge is 0.464 e. The van der Waals surface area contributed by atoms with Gasteiger partial charge >= 0.3 is 12.0 Å². The molecule has 5 aromatic rings. The summed E-state index contributed by atoms with van der Waals surface area (Å²) in [4.78, 5) is 35.0. The molecule has 0 atom stereocenters. The van der Waals surface area contributed by atoms with Gasteiger partial charge in [0.15, 0.2) is 0 Å². The molecular weight excluding hydrogens is 547 g/mol. The number of anilines is 1. The number of benzene rings is 4. The minimum Gasteiger partial charge on any atom is -0.464 e. The number of hydrogen-bond donors (Lipinski definition) is 2. The van der Waals surface area contributed by atoms with Crippen LogP contribution in [-0.4, -0.2) is 34.7 Å². The average molecular weight is 580 g/mol. The van der Waals surface area contributed by atoms with E-state index in [1.165, 1.54) is 4.57 Å². The third-order valence-corrected chi connectivity index (χ3v) is 10.1. The van der Waals surface area contributed by atoms with Crippen molar-refractivity contribution in [2.24, 2.45) is 10.1 Å². The first-order valence-corrected chi connectivity index (χ1v) is 15.5. The molecule has 0 saturated heterocycles. The van der Waals surface area contributed by atoms with Crippen molar-refractivity contribution < 1.29 is 14.3 Å². The van der Waals surface area contributed by atoms with E-state index in [1.807, 2.05) is 73.7 Å². The lowest BCUT2D eigenvalue weighted by Crippen LogP contribution is -2.34. The molecule has 10 heteroatoms. The van der Waals surface area contributed by atoms with Gasteiger partial charge in [-0.25, -0.2) is 19.8 Å². The molecule has 4 aromatic carbocycles. The molecular formula is C32H32N6O3P+. The Labute approximate surface area is 245 Å². The number of nitrogens with one attached hydrogen (secondary N) is 2. The maximum absolute atomic E-state index is 13.3. The lowest BCUT2D eigenvalue weighted by Gasteiger charge is -2.20. The summed E-state index contributed by atoms with van der Waals surface area (Å²) in [5, 5.41) is 10.2. The number of amides is 1. The molecule has 1 heterocycles. The van der Waals surface area contributed by atoms with Crippen molar-refractivity contribution in [3.63, 3.8) is 0 Å². The van der Waals surface area contributed by atoms with Crippen molar-refractivity contribution in [3.05, 3.63) is 115 Å². The Morgan fingerprint density at radius 2 is 1.36 bits per heavy atom. The van der Waals surface area contributed by atoms with Crippen LogP contribution in [0, 0.1) is 0 Å². The summed E-state index contributed by atoms with van der Waals surface area (Å²) in [7, 11) is -2.61. The fraction of sp³-hybridized carbons (Fsp3) is 0.156. The Kier molecular flexibility index (Phi) is 9.31. The van der Waals surface area contributed by atoms with E-state index in [0.29, 0.717) is 17.6 Å². The smallest absolute Gasteiger partial charge is 0.329 e. The van der Waals surface area contributed by atoms with Gasteiger partial charge < -0.3 is 10.1 Å². The monoisotopic (exact) mass is 579 g/mol. The van der Waals surface area contributed by atoms with Crippen LogP contribution in [0.4, 0.5) is 10.7 Å². The van der Waals surface area contributed by atoms with Crippen molar-refractivity contribution in [3.8, 4) is 0 Å². The number of hydrogen-bond acceptors (Lipinski definition) is 6. The topological polar surface area (TPSA) is 110 Å². The van der Waals surface area contributed by atoms with E-state index in [1.54, 1.807) is 12.1 Å². The maximum Gasteiger partial charge on any atom is 0.329 e. The molecule has 1 aromatic heterocycles. The fourth-order valence-corrected chi connectivity index (χ4v) is 7.78. The molecule has 0 saturated carbocycles. The number of unbranched alkanes of at least 4 members (excludes halogenated alkanes) is 1. The summed E-state index contributed by atoms with van der Waals surface area (Å²) in [6.07, 6.45) is 1.68. The molecule has 42 heavy (non-hydrogen) atoms. The minimum atomic E-state index is -2.61. The number of carbonyl (C=O) groups excluding carboxylic acids is 2. The Hall–Kier alpha value is -4.88. The normalized spacial score (nSPS) is 11.5. The Morgan fingerprint density at radius 1 is 0.810 bits per heavy atom. The van der Waals surface area contributed by atoms with E-state index >= 15 is 0 Å². The SMILES string of the molecule is CCCCOC(=O)CNC(=O)n1c(N/N=N/[P+](c2ccccc2)(c2ccccc2)c2ccccc2)nc2ccccc21. The van der Waals surface area contributed by atoms with Gasteiger partial charge in [-0.15, -0.1) is 0 Å². The number of imidazole rings is 1. The average Bonchev–Trinajstić information content (AvgIpc) is 3.42. The number of rotatable bonds is 11. The molecule has 0 radical (unpaired) electrons. The second-order valence-electron chi connectivity index (χ2n) is 9.44. The van der Waals surface area contributed by atoms with E-state index in [-0.39, 0.29) is 12.5 Å². The van der Waals surface area contributed by atoms with Gasteiger partial charge in [-0.3, -0.25) is 4.79 Å². The summed E-state index contributed by atoms with van der Waals surface area (Å²) in [6, 6.07) is 37.0. The first-order valence-electron chi connectivity index (χ1n) is 13.8. The first-order chi connectivity index (χ1) is 20.6. The highest BCUT2D eigenvalue weighted by atomic mass is 31.2. The summed E-state index contributed by atoms with van der Waals surface area (Å²) in [6.45, 7) is 2.07. The second-order valence-corrected chi connectivity index (χ2v) is 12.4. The van der Waals surface area contributed by atoms with Crippen LogP contribution < -0.4 is 26.7 Å². The summed E-state index contributed by atoms with van der Waals surface area (Å²) < 4.78 is 6.52. The first kappa shape index (κ1) is 28.6. The highest BCUT2D eigenvalue weighted by molar-refractivity contribution is 7.94. The molecule has 0 spiro atoms. The van der Waals surface area contributed by atoms with Crippen LogP contribution >= 0.6 is 7.41 Å². The van der Waals surface area contributed by atoms with Gasteiger partial charge in [-0.2, -0.15) is 0 Å². The molecule has 0 aliphatic heterocycles. The second kappa shape index (κ2) is 13.7. The van der Waals surface area contributed by atoms with Crippen LogP contribution in [-0.2, 0) is 9.53 Å². The van der Waals surface area contributed by atoms with Crippen LogP contribution in [0.3, 0.4) is 0 Å². The van der Waals surface area contributed by atoms with E-state index in [0.717, 1.165) is 28.8 Å². The van der Waals surface area contributed by atoms with Crippen molar-refractivity contribution in [1.29, 1.82) is 0 Å². The zero-order chi connectivity index (χ0) is 29.2. The number of aromatic nitrogens is 2. The van der Waals surface area contributed by atoms with E-state index in [4.69, 9.17) is 9.62 Å². The molecule has 0 bridgehead atoms. The molecule has 2 N–H and O–H groups in total. The van der Waals surface area contributed by atoms with Gasteiger partial charge in [-0.1, -0.05) is 80.1 Å². The lowest BCUT2D eigenvalue weighted by atomic mass is 10.3. The Bertz CT molecular complexity index is 1560. The van der Waals surface area contributed by atoms with Gasteiger partial charge in [0.25, 0.3) is 7.41 Å². The molecule has 0 aliphatic rings. The third kappa shape index (κ3) is 6.21. The standard InChI is InChI=1S/C32H31N6O3P/c1-2-3-23-41-30(39)24-33-32(40)38-29-22-14-13-21-28(29)34-31(38)35-36-37-42(25-15-7-4-8-16-25,26-17-9-5-10-18-26)27-19-11-6-12-20-27/h4-22H,2-3,23-24H2,1H3,(H-,33,34,35,37,40)/p+1. The van der Waals surface area contributed by atoms with Crippen molar-refractivity contribution in [2.45, 2.75) is 19.8 Å². The highest BCUT2D eigenvalue weighted by Gasteiger charge is 2.47. The number of para-hydroxylation sites is 2. The molecule has 212 valence electrons. The molecule has 9 nitrogen and oxygen atoms in total. The van der Waals surface area contributed by atoms with Gasteiger partial charge in [0.05, 0.1) is 17.6 Å². The van der Waals surface area contributed by atoms with E-state index < -0.39 is 19.4 Å². The van der Waals surface area contributed by atoms with Gasteiger partial charge in [0.1, 0.15) is 22.5 Å². The quantitative estimate of drug-likeness (QED) is 0.0694. The van der Waals surface area contributed by atoms with Gasteiger partial charge in [0, 0.05) is 4.88 Å². The fourth-order valence-electron chi connectivity index (χ4n) is 4.58. The molecule has 1 amide bonds. The molecule has 5 rings (SSSR count). The van der Waals surface area contributed by atoms with Gasteiger partial charge in [-0.05, 0) is 60.2 Å². The van der Waals surface area contributed by atoms with E-state index in [9.17, 15) is 9.59 Å². The molecule has 0 aliphatic carbocycles. The van der Waals surface area contributed by atoms with Crippen LogP contribution in [0.15, 0.2) is 125 Å². The van der Waals surface area contributed by atoms with Crippen molar-refractivity contribution >= 4 is 52.3 Å². The predicted molar refractivity (Wildman–Crippen MR) is 168 cm³/mol. The van der Waals surface area contributed by atoms with Crippen LogP contribution in [0.25, 0.3) is 11.0 Å². The molecule has 0 fully saturated rings. The van der Waals surface area contributed by atoms with E-state index in [2.05, 4.69) is 57.3 Å². The molecule has 0 unspecified atom stereocenters. The predicted octanol–water partition coefficient (Wildman–Crippen LogP) is 5.63. The van der Waals surface area contributed by atoms with Crippen LogP contribution in [0.5, 0.6) is 0 Å². The Morgan fingerprint density at radius 3 is 1.93 bits per heavy atom.